The van der Waals surface area contributed by atoms with Gasteiger partial charge < -0.3 is 13.7 Å². The number of piperidine rings is 1. The molecule has 1 saturated heterocycles. The van der Waals surface area contributed by atoms with Crippen molar-refractivity contribution in [1.29, 1.82) is 0 Å². The first kappa shape index (κ1) is 14.1. The Bertz CT molecular complexity index is 827. The van der Waals surface area contributed by atoms with E-state index in [9.17, 15) is 4.79 Å². The lowest BCUT2D eigenvalue weighted by Crippen LogP contribution is -2.37. The van der Waals surface area contributed by atoms with Gasteiger partial charge in [0.1, 0.15) is 5.52 Å². The highest BCUT2D eigenvalue weighted by molar-refractivity contribution is 5.91. The number of amides is 1. The van der Waals surface area contributed by atoms with Crippen LogP contribution in [0.5, 0.6) is 0 Å². The van der Waals surface area contributed by atoms with E-state index in [0.717, 1.165) is 35.4 Å². The zero-order valence-corrected chi connectivity index (χ0v) is 13.0. The Hall–Kier alpha value is -2.56. The third kappa shape index (κ3) is 2.52. The maximum Gasteiger partial charge on any atom is 0.289 e. The number of carbonyl (C=O) groups excluding carboxylic acids is 1. The van der Waals surface area contributed by atoms with Gasteiger partial charge in [0, 0.05) is 19.0 Å². The molecule has 0 unspecified atom stereocenters. The summed E-state index contributed by atoms with van der Waals surface area (Å²) < 4.78 is 11.2. The molecule has 1 amide bonds. The minimum absolute atomic E-state index is 0.0399. The molecule has 0 aliphatic carbocycles. The Morgan fingerprint density at radius 2 is 2.04 bits per heavy atom. The molecule has 23 heavy (non-hydrogen) atoms. The van der Waals surface area contributed by atoms with Crippen molar-refractivity contribution in [1.82, 2.24) is 9.88 Å². The van der Waals surface area contributed by atoms with Crippen molar-refractivity contribution in [2.45, 2.75) is 25.7 Å². The number of aromatic nitrogens is 1. The molecule has 118 valence electrons. The maximum atomic E-state index is 12.3. The number of carbonyl (C=O) groups is 1. The Morgan fingerprint density at radius 1 is 1.22 bits per heavy atom. The second kappa shape index (κ2) is 5.57. The van der Waals surface area contributed by atoms with Crippen molar-refractivity contribution < 1.29 is 13.6 Å². The van der Waals surface area contributed by atoms with E-state index in [1.165, 1.54) is 6.26 Å². The van der Waals surface area contributed by atoms with Crippen LogP contribution in [0, 0.1) is 6.92 Å². The molecule has 1 aromatic carbocycles. The van der Waals surface area contributed by atoms with Crippen LogP contribution in [0.1, 0.15) is 40.8 Å². The normalized spacial score (nSPS) is 16.1. The molecule has 0 saturated carbocycles. The summed E-state index contributed by atoms with van der Waals surface area (Å²) in [6, 6.07) is 9.44. The van der Waals surface area contributed by atoms with Gasteiger partial charge in [-0.15, -0.1) is 0 Å². The minimum Gasteiger partial charge on any atom is -0.459 e. The Labute approximate surface area is 133 Å². The largest absolute Gasteiger partial charge is 0.459 e. The maximum absolute atomic E-state index is 12.3. The van der Waals surface area contributed by atoms with Gasteiger partial charge in [0.15, 0.2) is 17.2 Å². The second-order valence-corrected chi connectivity index (χ2v) is 6.02. The van der Waals surface area contributed by atoms with Crippen LogP contribution in [0.4, 0.5) is 0 Å². The van der Waals surface area contributed by atoms with Crippen molar-refractivity contribution in [3.63, 3.8) is 0 Å². The summed E-state index contributed by atoms with van der Waals surface area (Å²) in [5, 5.41) is 0. The molecule has 1 fully saturated rings. The number of para-hydroxylation sites is 1. The second-order valence-electron chi connectivity index (χ2n) is 6.02. The van der Waals surface area contributed by atoms with Gasteiger partial charge >= 0.3 is 0 Å². The third-order valence-corrected chi connectivity index (χ3v) is 4.49. The number of hydrogen-bond acceptors (Lipinski definition) is 4. The standard InChI is InChI=1S/C18H18N2O3/c1-12-4-2-5-14-16(12)23-17(19-14)13-7-9-20(10-8-13)18(21)15-6-3-11-22-15/h2-6,11,13H,7-10H2,1H3. The number of rotatable bonds is 2. The molecule has 0 spiro atoms. The van der Waals surface area contributed by atoms with E-state index < -0.39 is 0 Å². The number of hydrogen-bond donors (Lipinski definition) is 0. The average molecular weight is 310 g/mol. The van der Waals surface area contributed by atoms with E-state index in [0.29, 0.717) is 18.8 Å². The first-order chi connectivity index (χ1) is 11.2. The topological polar surface area (TPSA) is 59.5 Å². The predicted molar refractivity (Wildman–Crippen MR) is 85.3 cm³/mol. The van der Waals surface area contributed by atoms with Crippen LogP contribution in [0.3, 0.4) is 0 Å². The number of nitrogens with zero attached hydrogens (tertiary/aromatic N) is 2. The summed E-state index contributed by atoms with van der Waals surface area (Å²) in [5.41, 5.74) is 2.89. The van der Waals surface area contributed by atoms with Crippen LogP contribution in [0.2, 0.25) is 0 Å². The van der Waals surface area contributed by atoms with E-state index in [1.54, 1.807) is 12.1 Å². The van der Waals surface area contributed by atoms with Crippen LogP contribution in [0.15, 0.2) is 45.4 Å². The number of fused-ring (bicyclic) bond motifs is 1. The molecule has 5 heteroatoms. The first-order valence-electron chi connectivity index (χ1n) is 7.91. The van der Waals surface area contributed by atoms with Gasteiger partial charge in [-0.25, -0.2) is 4.98 Å². The molecule has 0 bridgehead atoms. The van der Waals surface area contributed by atoms with Crippen LogP contribution < -0.4 is 0 Å². The fourth-order valence-corrected chi connectivity index (χ4v) is 3.16. The molecule has 3 heterocycles. The molecular weight excluding hydrogens is 292 g/mol. The molecule has 4 rings (SSSR count). The van der Waals surface area contributed by atoms with Crippen molar-refractivity contribution in [2.75, 3.05) is 13.1 Å². The van der Waals surface area contributed by atoms with E-state index >= 15 is 0 Å². The molecule has 1 aliphatic heterocycles. The summed E-state index contributed by atoms with van der Waals surface area (Å²) in [5.74, 6) is 1.42. The number of likely N-dealkylation sites (tertiary alicyclic amines) is 1. The number of oxazole rings is 1. The van der Waals surface area contributed by atoms with E-state index in [4.69, 9.17) is 8.83 Å². The molecule has 2 aromatic heterocycles. The smallest absolute Gasteiger partial charge is 0.289 e. The van der Waals surface area contributed by atoms with E-state index in [2.05, 4.69) is 4.98 Å². The third-order valence-electron chi connectivity index (χ3n) is 4.49. The molecule has 0 radical (unpaired) electrons. The molecular formula is C18H18N2O3. The van der Waals surface area contributed by atoms with Crippen molar-refractivity contribution in [3.05, 3.63) is 53.8 Å². The molecule has 1 aliphatic rings. The monoisotopic (exact) mass is 310 g/mol. The van der Waals surface area contributed by atoms with Crippen LogP contribution in [0.25, 0.3) is 11.1 Å². The Kier molecular flexibility index (Phi) is 3.41. The molecule has 3 aromatic rings. The first-order valence-corrected chi connectivity index (χ1v) is 7.91. The van der Waals surface area contributed by atoms with Gasteiger partial charge in [0.2, 0.25) is 0 Å². The van der Waals surface area contributed by atoms with Crippen LogP contribution in [-0.2, 0) is 0 Å². The summed E-state index contributed by atoms with van der Waals surface area (Å²) >= 11 is 0. The van der Waals surface area contributed by atoms with Crippen molar-refractivity contribution in [3.8, 4) is 0 Å². The Balaban J connectivity index is 1.48. The summed E-state index contributed by atoms with van der Waals surface area (Å²) in [7, 11) is 0. The fourth-order valence-electron chi connectivity index (χ4n) is 3.16. The van der Waals surface area contributed by atoms with E-state index in [-0.39, 0.29) is 11.8 Å². The minimum atomic E-state index is -0.0399. The number of aryl methyl sites for hydroxylation is 1. The van der Waals surface area contributed by atoms with Gasteiger partial charge in [0.25, 0.3) is 5.91 Å². The highest BCUT2D eigenvalue weighted by atomic mass is 16.4. The number of benzene rings is 1. The lowest BCUT2D eigenvalue weighted by molar-refractivity contribution is 0.0674. The Morgan fingerprint density at radius 3 is 2.74 bits per heavy atom. The lowest BCUT2D eigenvalue weighted by atomic mass is 9.96. The summed E-state index contributed by atoms with van der Waals surface area (Å²) in [4.78, 5) is 18.7. The van der Waals surface area contributed by atoms with Gasteiger partial charge in [0.05, 0.1) is 6.26 Å². The molecule has 0 N–H and O–H groups in total. The van der Waals surface area contributed by atoms with E-state index in [1.807, 2.05) is 30.0 Å². The molecule has 5 nitrogen and oxygen atoms in total. The van der Waals surface area contributed by atoms with Gasteiger partial charge in [-0.05, 0) is 43.5 Å². The quantitative estimate of drug-likeness (QED) is 0.723. The summed E-state index contributed by atoms with van der Waals surface area (Å²) in [6.07, 6.45) is 3.25. The SMILES string of the molecule is Cc1cccc2nc(C3CCN(C(=O)c4ccco4)CC3)oc12. The fraction of sp³-hybridized carbons (Fsp3) is 0.333. The van der Waals surface area contributed by atoms with Crippen LogP contribution >= 0.6 is 0 Å². The highest BCUT2D eigenvalue weighted by Crippen LogP contribution is 2.31. The lowest BCUT2D eigenvalue weighted by Gasteiger charge is -2.29. The van der Waals surface area contributed by atoms with Crippen molar-refractivity contribution in [2.24, 2.45) is 0 Å². The summed E-state index contributed by atoms with van der Waals surface area (Å²) in [6.45, 7) is 3.42. The number of furan rings is 1. The average Bonchev–Trinajstić information content (AvgIpc) is 3.24. The zero-order chi connectivity index (χ0) is 15.8. The predicted octanol–water partition coefficient (Wildman–Crippen LogP) is 3.75. The van der Waals surface area contributed by atoms with Crippen LogP contribution in [-0.4, -0.2) is 28.9 Å². The van der Waals surface area contributed by atoms with Gasteiger partial charge in [-0.3, -0.25) is 4.79 Å². The van der Waals surface area contributed by atoms with Gasteiger partial charge in [-0.1, -0.05) is 12.1 Å². The van der Waals surface area contributed by atoms with Gasteiger partial charge in [-0.2, -0.15) is 0 Å². The molecule has 0 atom stereocenters. The highest BCUT2D eigenvalue weighted by Gasteiger charge is 2.28. The zero-order valence-electron chi connectivity index (χ0n) is 13.0. The van der Waals surface area contributed by atoms with Crippen molar-refractivity contribution >= 4 is 17.0 Å².